The van der Waals surface area contributed by atoms with Crippen molar-refractivity contribution in [1.29, 1.82) is 5.41 Å². The molecule has 0 spiro atoms. The van der Waals surface area contributed by atoms with Crippen LogP contribution in [0.25, 0.3) is 0 Å². The molecule has 0 radical (unpaired) electrons. The number of amidine groups is 1. The van der Waals surface area contributed by atoms with Crippen LogP contribution in [0.5, 0.6) is 5.75 Å². The Hall–Kier alpha value is -2.90. The average molecular weight is 397 g/mol. The number of nitrogens with one attached hydrogen (secondary N) is 2. The predicted octanol–water partition coefficient (Wildman–Crippen LogP) is 2.53. The summed E-state index contributed by atoms with van der Waals surface area (Å²) < 4.78 is 16.8. The highest BCUT2D eigenvalue weighted by atomic mass is 16.5. The highest BCUT2D eigenvalue weighted by molar-refractivity contribution is 5.94. The Bertz CT molecular complexity index is 832. The minimum Gasteiger partial charge on any atom is -0.490 e. The molecule has 29 heavy (non-hydrogen) atoms. The lowest BCUT2D eigenvalue weighted by Gasteiger charge is -2.24. The molecule has 1 heterocycles. The van der Waals surface area contributed by atoms with Crippen molar-refractivity contribution in [2.24, 2.45) is 5.73 Å². The van der Waals surface area contributed by atoms with E-state index in [1.807, 2.05) is 36.4 Å². The first kappa shape index (κ1) is 20.8. The second kappa shape index (κ2) is 10.0. The van der Waals surface area contributed by atoms with Gasteiger partial charge in [0.15, 0.2) is 6.10 Å². The minimum absolute atomic E-state index is 0.0166. The molecule has 1 amide bonds. The van der Waals surface area contributed by atoms with Gasteiger partial charge in [-0.3, -0.25) is 10.2 Å². The number of hydrogen-bond donors (Lipinski definition) is 3. The number of hydrogen-bond acceptors (Lipinski definition) is 5. The quantitative estimate of drug-likeness (QED) is 0.469. The zero-order valence-electron chi connectivity index (χ0n) is 16.5. The molecule has 1 aliphatic heterocycles. The van der Waals surface area contributed by atoms with Gasteiger partial charge in [0, 0.05) is 32.1 Å². The van der Waals surface area contributed by atoms with Crippen molar-refractivity contribution in [3.8, 4) is 5.75 Å². The summed E-state index contributed by atoms with van der Waals surface area (Å²) in [5, 5.41) is 10.3. The summed E-state index contributed by atoms with van der Waals surface area (Å²) in [4.78, 5) is 12.7. The van der Waals surface area contributed by atoms with Crippen LogP contribution in [0, 0.1) is 5.41 Å². The van der Waals surface area contributed by atoms with E-state index in [2.05, 4.69) is 5.32 Å². The van der Waals surface area contributed by atoms with Gasteiger partial charge in [-0.05, 0) is 23.3 Å². The summed E-state index contributed by atoms with van der Waals surface area (Å²) in [5.41, 5.74) is 7.76. The Labute approximate surface area is 170 Å². The molecule has 7 nitrogen and oxygen atoms in total. The number of ether oxygens (including phenoxy) is 3. The first-order valence-corrected chi connectivity index (χ1v) is 9.65. The van der Waals surface area contributed by atoms with Gasteiger partial charge >= 0.3 is 0 Å². The van der Waals surface area contributed by atoms with Crippen LogP contribution < -0.4 is 15.8 Å². The maximum absolute atomic E-state index is 12.7. The van der Waals surface area contributed by atoms with Gasteiger partial charge in [-0.15, -0.1) is 0 Å². The van der Waals surface area contributed by atoms with E-state index in [0.717, 1.165) is 29.7 Å². The number of amides is 1. The number of nitrogens with two attached hydrogens (primary N) is 1. The van der Waals surface area contributed by atoms with Crippen LogP contribution in [0.4, 0.5) is 0 Å². The fourth-order valence-corrected chi connectivity index (χ4v) is 3.22. The van der Waals surface area contributed by atoms with Gasteiger partial charge in [0.05, 0.1) is 13.2 Å². The topological polar surface area (TPSA) is 107 Å². The molecule has 1 saturated heterocycles. The Morgan fingerprint density at radius 3 is 2.62 bits per heavy atom. The zero-order valence-corrected chi connectivity index (χ0v) is 16.5. The van der Waals surface area contributed by atoms with E-state index in [4.69, 9.17) is 25.4 Å². The van der Waals surface area contributed by atoms with Crippen LogP contribution in [0.2, 0.25) is 0 Å². The molecule has 0 aliphatic carbocycles. The molecule has 0 saturated carbocycles. The lowest BCUT2D eigenvalue weighted by molar-refractivity contribution is -0.131. The maximum Gasteiger partial charge on any atom is 0.254 e. The van der Waals surface area contributed by atoms with Crippen LogP contribution in [-0.2, 0) is 20.8 Å². The first-order chi connectivity index (χ1) is 14.1. The molecule has 1 atom stereocenters. The normalized spacial score (nSPS) is 15.5. The third-order valence-electron chi connectivity index (χ3n) is 4.84. The highest BCUT2D eigenvalue weighted by Gasteiger charge is 2.21. The number of nitrogen functional groups attached to an aromatic ring is 1. The average Bonchev–Trinajstić information content (AvgIpc) is 2.74. The van der Waals surface area contributed by atoms with Gasteiger partial charge in [0.25, 0.3) is 5.91 Å². The zero-order chi connectivity index (χ0) is 20.6. The fourth-order valence-electron chi connectivity index (χ4n) is 3.22. The molecular formula is C22H27N3O4. The molecule has 1 aliphatic rings. The molecule has 2 aromatic carbocycles. The molecule has 2 aromatic rings. The van der Waals surface area contributed by atoms with Crippen molar-refractivity contribution < 1.29 is 19.0 Å². The summed E-state index contributed by atoms with van der Waals surface area (Å²) in [6.07, 6.45) is 1.12. The van der Waals surface area contributed by atoms with Crippen LogP contribution in [0.15, 0.2) is 48.5 Å². The third-order valence-corrected chi connectivity index (χ3v) is 4.84. The lowest BCUT2D eigenvalue weighted by Crippen LogP contribution is -2.30. The molecule has 3 rings (SSSR count). The van der Waals surface area contributed by atoms with Gasteiger partial charge in [0.1, 0.15) is 17.7 Å². The van der Waals surface area contributed by atoms with Gasteiger partial charge in [0.2, 0.25) is 0 Å². The number of rotatable bonds is 8. The number of benzene rings is 2. The summed E-state index contributed by atoms with van der Waals surface area (Å²) in [7, 11) is 1.51. The lowest BCUT2D eigenvalue weighted by atomic mass is 10.1. The number of methoxy groups -OCH3 is 1. The Kier molecular flexibility index (Phi) is 7.21. The standard InChI is InChI=1S/C22H27N3O4/c1-27-20(22(26)25-14-15-5-7-16(8-6-15)21(23)24)17-3-2-4-19(13-17)29-18-9-11-28-12-10-18/h2-8,13,18,20H,9-12,14H2,1H3,(H3,23,24)(H,25,26). The summed E-state index contributed by atoms with van der Waals surface area (Å²) in [5.74, 6) is 0.512. The monoisotopic (exact) mass is 397 g/mol. The largest absolute Gasteiger partial charge is 0.490 e. The smallest absolute Gasteiger partial charge is 0.254 e. The summed E-state index contributed by atoms with van der Waals surface area (Å²) >= 11 is 0. The van der Waals surface area contributed by atoms with E-state index in [-0.39, 0.29) is 17.8 Å². The van der Waals surface area contributed by atoms with Crippen LogP contribution in [0.1, 0.15) is 35.6 Å². The van der Waals surface area contributed by atoms with Crippen molar-refractivity contribution >= 4 is 11.7 Å². The van der Waals surface area contributed by atoms with E-state index < -0.39 is 6.10 Å². The van der Waals surface area contributed by atoms with Crippen molar-refractivity contribution in [1.82, 2.24) is 5.32 Å². The predicted molar refractivity (Wildman–Crippen MR) is 110 cm³/mol. The molecule has 1 unspecified atom stereocenters. The molecular weight excluding hydrogens is 370 g/mol. The van der Waals surface area contributed by atoms with Gasteiger partial charge in [-0.1, -0.05) is 36.4 Å². The fraction of sp³-hybridized carbons (Fsp3) is 0.364. The number of carbonyl (C=O) groups is 1. The summed E-state index contributed by atoms with van der Waals surface area (Å²) in [6, 6.07) is 14.6. The molecule has 0 aromatic heterocycles. The van der Waals surface area contributed by atoms with Gasteiger partial charge in [-0.2, -0.15) is 0 Å². The Balaban J connectivity index is 1.61. The van der Waals surface area contributed by atoms with E-state index in [1.165, 1.54) is 7.11 Å². The maximum atomic E-state index is 12.7. The van der Waals surface area contributed by atoms with Crippen molar-refractivity contribution in [3.05, 3.63) is 65.2 Å². The number of carbonyl (C=O) groups excluding carboxylic acids is 1. The van der Waals surface area contributed by atoms with E-state index in [0.29, 0.717) is 25.3 Å². The summed E-state index contributed by atoms with van der Waals surface area (Å²) in [6.45, 7) is 1.77. The van der Waals surface area contributed by atoms with Gasteiger partial charge < -0.3 is 25.3 Å². The Morgan fingerprint density at radius 1 is 1.24 bits per heavy atom. The third kappa shape index (κ3) is 5.79. The van der Waals surface area contributed by atoms with Crippen LogP contribution >= 0.6 is 0 Å². The second-order valence-corrected chi connectivity index (χ2v) is 6.95. The van der Waals surface area contributed by atoms with Crippen molar-refractivity contribution in [3.63, 3.8) is 0 Å². The molecule has 1 fully saturated rings. The van der Waals surface area contributed by atoms with Crippen molar-refractivity contribution in [2.45, 2.75) is 31.6 Å². The van der Waals surface area contributed by atoms with Crippen LogP contribution in [0.3, 0.4) is 0 Å². The van der Waals surface area contributed by atoms with E-state index >= 15 is 0 Å². The Morgan fingerprint density at radius 2 is 1.97 bits per heavy atom. The van der Waals surface area contributed by atoms with E-state index in [9.17, 15) is 4.79 Å². The molecule has 154 valence electrons. The van der Waals surface area contributed by atoms with Gasteiger partial charge in [-0.25, -0.2) is 0 Å². The van der Waals surface area contributed by atoms with E-state index in [1.54, 1.807) is 12.1 Å². The molecule has 4 N–H and O–H groups in total. The highest BCUT2D eigenvalue weighted by Crippen LogP contribution is 2.24. The van der Waals surface area contributed by atoms with Crippen molar-refractivity contribution in [2.75, 3.05) is 20.3 Å². The first-order valence-electron chi connectivity index (χ1n) is 9.65. The second-order valence-electron chi connectivity index (χ2n) is 6.95. The minimum atomic E-state index is -0.732. The van der Waals surface area contributed by atoms with Crippen LogP contribution in [-0.4, -0.2) is 38.2 Å². The molecule has 0 bridgehead atoms. The SMILES string of the molecule is COC(C(=O)NCc1ccc(C(=N)N)cc1)c1cccc(OC2CCOCC2)c1. The molecule has 7 heteroatoms.